The molecule has 0 fully saturated rings. The fraction of sp³-hybridized carbons (Fsp3) is 0.167. The number of rotatable bonds is 6. The van der Waals surface area contributed by atoms with E-state index in [0.29, 0.717) is 20.3 Å². The molecule has 8 heteroatoms. The summed E-state index contributed by atoms with van der Waals surface area (Å²) < 4.78 is 8.64. The van der Waals surface area contributed by atoms with Gasteiger partial charge < -0.3 is 4.74 Å². The second kappa shape index (κ2) is 8.35. The van der Waals surface area contributed by atoms with Crippen LogP contribution in [0.3, 0.4) is 0 Å². The Hall–Kier alpha value is -1.67. The lowest BCUT2D eigenvalue weighted by Crippen LogP contribution is -1.97. The van der Waals surface area contributed by atoms with E-state index in [2.05, 4.69) is 5.10 Å². The van der Waals surface area contributed by atoms with E-state index in [1.54, 1.807) is 36.5 Å². The number of Topliss-reactive ketones (excluding diaryl/α,β-unsaturated/α-hetero) is 1. The van der Waals surface area contributed by atoms with Crippen molar-refractivity contribution in [2.24, 2.45) is 0 Å². The van der Waals surface area contributed by atoms with E-state index in [0.717, 1.165) is 21.3 Å². The van der Waals surface area contributed by atoms with E-state index in [1.165, 1.54) is 11.3 Å². The Morgan fingerprint density at radius 2 is 2.04 bits per heavy atom. The summed E-state index contributed by atoms with van der Waals surface area (Å²) in [7, 11) is 1.62. The van der Waals surface area contributed by atoms with Crippen LogP contribution in [0.15, 0.2) is 46.8 Å². The van der Waals surface area contributed by atoms with E-state index in [4.69, 9.17) is 28.6 Å². The van der Waals surface area contributed by atoms with Crippen molar-refractivity contribution >= 4 is 52.7 Å². The zero-order chi connectivity index (χ0) is 18.7. The summed E-state index contributed by atoms with van der Waals surface area (Å²) in [6.45, 7) is 1.55. The molecule has 3 aromatic rings. The van der Waals surface area contributed by atoms with E-state index >= 15 is 0 Å². The van der Waals surface area contributed by atoms with Crippen molar-refractivity contribution in [3.8, 4) is 11.4 Å². The molecular weight excluding hydrogens is 408 g/mol. The van der Waals surface area contributed by atoms with Gasteiger partial charge in [0.2, 0.25) is 0 Å². The van der Waals surface area contributed by atoms with Crippen LogP contribution in [0.1, 0.15) is 22.8 Å². The molecular formula is C18H15ClN2O2S3. The minimum absolute atomic E-state index is 0.0292. The highest BCUT2D eigenvalue weighted by molar-refractivity contribution is 8.00. The molecule has 1 heterocycles. The molecule has 3 rings (SSSR count). The van der Waals surface area contributed by atoms with Gasteiger partial charge in [-0.05, 0) is 61.6 Å². The monoisotopic (exact) mass is 422 g/mol. The number of carbonyl (C=O) groups excluding carboxylic acids is 1. The van der Waals surface area contributed by atoms with Crippen LogP contribution in [-0.4, -0.2) is 22.7 Å². The quantitative estimate of drug-likeness (QED) is 0.284. The maximum atomic E-state index is 11.6. The van der Waals surface area contributed by atoms with Gasteiger partial charge in [0, 0.05) is 21.9 Å². The van der Waals surface area contributed by atoms with Crippen LogP contribution >= 0.6 is 46.9 Å². The number of hydrogen-bond donors (Lipinski definition) is 0. The van der Waals surface area contributed by atoms with Crippen molar-refractivity contribution in [3.05, 3.63) is 62.6 Å². The number of carbonyl (C=O) groups is 1. The van der Waals surface area contributed by atoms with Crippen molar-refractivity contribution in [1.82, 2.24) is 9.78 Å². The predicted octanol–water partition coefficient (Wildman–Crippen LogP) is 5.82. The maximum absolute atomic E-state index is 11.6. The average molecular weight is 423 g/mol. The molecule has 0 aliphatic carbocycles. The van der Waals surface area contributed by atoms with Crippen LogP contribution in [0.5, 0.6) is 5.75 Å². The average Bonchev–Trinajstić information content (AvgIpc) is 3.01. The lowest BCUT2D eigenvalue weighted by atomic mass is 10.1. The van der Waals surface area contributed by atoms with Crippen molar-refractivity contribution in [1.29, 1.82) is 0 Å². The lowest BCUT2D eigenvalue weighted by Gasteiger charge is -2.08. The number of thioether (sulfide) groups is 1. The molecule has 0 aliphatic rings. The number of nitrogens with zero attached hydrogens (tertiary/aromatic N) is 2. The highest BCUT2D eigenvalue weighted by atomic mass is 35.5. The Morgan fingerprint density at radius 1 is 1.31 bits per heavy atom. The normalized spacial score (nSPS) is 10.7. The molecule has 0 bridgehead atoms. The fourth-order valence-corrected chi connectivity index (χ4v) is 4.78. The van der Waals surface area contributed by atoms with Gasteiger partial charge in [-0.25, -0.2) is 4.68 Å². The summed E-state index contributed by atoms with van der Waals surface area (Å²) in [6, 6.07) is 12.8. The van der Waals surface area contributed by atoms with Crippen molar-refractivity contribution in [2.45, 2.75) is 17.0 Å². The summed E-state index contributed by atoms with van der Waals surface area (Å²) in [5.74, 6) is 1.41. The largest absolute Gasteiger partial charge is 0.496 e. The van der Waals surface area contributed by atoms with Crippen LogP contribution < -0.4 is 4.74 Å². The molecule has 134 valence electrons. The van der Waals surface area contributed by atoms with Crippen LogP contribution in [-0.2, 0) is 5.75 Å². The Kier molecular flexibility index (Phi) is 6.13. The summed E-state index contributed by atoms with van der Waals surface area (Å²) in [6.07, 6.45) is 0. The van der Waals surface area contributed by atoms with Crippen molar-refractivity contribution in [3.63, 3.8) is 0 Å². The van der Waals surface area contributed by atoms with Gasteiger partial charge in [-0.15, -0.1) is 5.10 Å². The first-order chi connectivity index (χ1) is 12.5. The fourth-order valence-electron chi connectivity index (χ4n) is 2.31. The molecule has 2 aromatic carbocycles. The summed E-state index contributed by atoms with van der Waals surface area (Å²) >= 11 is 14.4. The number of hydrogen-bond acceptors (Lipinski definition) is 6. The molecule has 26 heavy (non-hydrogen) atoms. The lowest BCUT2D eigenvalue weighted by molar-refractivity contribution is 0.101. The molecule has 0 atom stereocenters. The Bertz CT molecular complexity index is 996. The third-order valence-electron chi connectivity index (χ3n) is 3.64. The Morgan fingerprint density at radius 3 is 2.69 bits per heavy atom. The number of halogens is 1. The third-order valence-corrected chi connectivity index (χ3v) is 6.30. The summed E-state index contributed by atoms with van der Waals surface area (Å²) in [4.78, 5) is 11.6. The summed E-state index contributed by atoms with van der Waals surface area (Å²) in [5, 5.41) is 5.25. The number of ether oxygens (including phenoxy) is 1. The number of benzene rings is 2. The maximum Gasteiger partial charge on any atom is 0.184 e. The first-order valence-corrected chi connectivity index (χ1v) is 10.2. The van der Waals surface area contributed by atoms with E-state index in [9.17, 15) is 4.79 Å². The summed E-state index contributed by atoms with van der Waals surface area (Å²) in [5.41, 5.74) is 2.49. The number of ketones is 1. The number of aromatic nitrogens is 2. The minimum atomic E-state index is 0.0292. The highest BCUT2D eigenvalue weighted by Crippen LogP contribution is 2.31. The Labute approximate surface area is 169 Å². The predicted molar refractivity (Wildman–Crippen MR) is 110 cm³/mol. The SMILES string of the molecule is COc1ccc(C(C)=O)cc1CSc1nn(-c2ccc(Cl)cc2)c(=S)s1. The molecule has 4 nitrogen and oxygen atoms in total. The number of methoxy groups -OCH3 is 1. The topological polar surface area (TPSA) is 44.1 Å². The minimum Gasteiger partial charge on any atom is -0.496 e. The zero-order valence-electron chi connectivity index (χ0n) is 14.1. The third kappa shape index (κ3) is 4.35. The first kappa shape index (κ1) is 19.1. The van der Waals surface area contributed by atoms with Crippen molar-refractivity contribution in [2.75, 3.05) is 7.11 Å². The van der Waals surface area contributed by atoms with Crippen LogP contribution in [0.25, 0.3) is 5.69 Å². The zero-order valence-corrected chi connectivity index (χ0v) is 17.3. The van der Waals surface area contributed by atoms with Gasteiger partial charge in [0.1, 0.15) is 5.75 Å². The van der Waals surface area contributed by atoms with E-state index in [1.807, 2.05) is 36.4 Å². The molecule has 0 unspecified atom stereocenters. The smallest absolute Gasteiger partial charge is 0.184 e. The van der Waals surface area contributed by atoms with Gasteiger partial charge in [0.05, 0.1) is 12.8 Å². The van der Waals surface area contributed by atoms with Crippen LogP contribution in [0, 0.1) is 3.95 Å². The van der Waals surface area contributed by atoms with Crippen molar-refractivity contribution < 1.29 is 9.53 Å². The standard InChI is InChI=1S/C18H15ClN2O2S3/c1-11(22)12-3-8-16(23-2)13(9-12)10-25-17-20-21(18(24)26-17)15-6-4-14(19)5-7-15/h3-9H,10H2,1-2H3. The first-order valence-electron chi connectivity index (χ1n) is 7.64. The van der Waals surface area contributed by atoms with Gasteiger partial charge >= 0.3 is 0 Å². The molecule has 0 saturated carbocycles. The molecule has 0 spiro atoms. The van der Waals surface area contributed by atoms with Gasteiger partial charge in [0.15, 0.2) is 14.1 Å². The second-order valence-electron chi connectivity index (χ2n) is 5.39. The molecule has 0 amide bonds. The van der Waals surface area contributed by atoms with E-state index < -0.39 is 0 Å². The molecule has 0 saturated heterocycles. The van der Waals surface area contributed by atoms with Gasteiger partial charge in [-0.2, -0.15) is 0 Å². The molecule has 0 N–H and O–H groups in total. The Balaban J connectivity index is 1.82. The van der Waals surface area contributed by atoms with Crippen LogP contribution in [0.4, 0.5) is 0 Å². The van der Waals surface area contributed by atoms with Gasteiger partial charge in [-0.1, -0.05) is 34.7 Å². The van der Waals surface area contributed by atoms with Gasteiger partial charge in [0.25, 0.3) is 0 Å². The molecule has 0 aliphatic heterocycles. The van der Waals surface area contributed by atoms with Gasteiger partial charge in [-0.3, -0.25) is 4.79 Å². The highest BCUT2D eigenvalue weighted by Gasteiger charge is 2.11. The van der Waals surface area contributed by atoms with E-state index in [-0.39, 0.29) is 5.78 Å². The molecule has 0 radical (unpaired) electrons. The molecule has 1 aromatic heterocycles. The second-order valence-corrected chi connectivity index (χ2v) is 8.68. The van der Waals surface area contributed by atoms with Crippen LogP contribution in [0.2, 0.25) is 5.02 Å².